The molecule has 1 aromatic carbocycles. The number of sulfonamides is 1. The molecule has 0 radical (unpaired) electrons. The Morgan fingerprint density at radius 2 is 1.78 bits per heavy atom. The minimum atomic E-state index is -3.52. The van der Waals surface area contributed by atoms with E-state index in [1.54, 1.807) is 6.07 Å². The molecule has 3 rings (SSSR count). The Kier molecular flexibility index (Phi) is 7.18. The molecule has 0 atom stereocenters. The second-order valence-corrected chi connectivity index (χ2v) is 12.5. The van der Waals surface area contributed by atoms with E-state index in [2.05, 4.69) is 53.1 Å². The SMILES string of the molecule is O=C(NCc1ccc(Br)cc1)C1CCN(S(=O)(=O)c2cc(Br)c(Br)s2)CC1. The molecule has 0 aliphatic carbocycles. The van der Waals surface area contributed by atoms with Crippen LogP contribution in [0.2, 0.25) is 0 Å². The second-order valence-electron chi connectivity index (χ2n) is 6.21. The van der Waals surface area contributed by atoms with Crippen molar-refractivity contribution in [2.45, 2.75) is 23.6 Å². The average molecular weight is 601 g/mol. The molecule has 1 fully saturated rings. The maximum Gasteiger partial charge on any atom is 0.252 e. The number of hydrogen-bond acceptors (Lipinski definition) is 4. The van der Waals surface area contributed by atoms with Crippen molar-refractivity contribution in [3.05, 3.63) is 48.6 Å². The van der Waals surface area contributed by atoms with Gasteiger partial charge in [-0.05, 0) is 68.5 Å². The largest absolute Gasteiger partial charge is 0.352 e. The topological polar surface area (TPSA) is 66.5 Å². The van der Waals surface area contributed by atoms with Gasteiger partial charge in [0.1, 0.15) is 4.21 Å². The van der Waals surface area contributed by atoms with Crippen molar-refractivity contribution in [3.8, 4) is 0 Å². The van der Waals surface area contributed by atoms with Crippen LogP contribution in [0.1, 0.15) is 18.4 Å². The zero-order valence-corrected chi connectivity index (χ0v) is 20.5. The minimum absolute atomic E-state index is 0.0171. The number of rotatable bonds is 5. The van der Waals surface area contributed by atoms with E-state index >= 15 is 0 Å². The zero-order chi connectivity index (χ0) is 19.6. The molecule has 1 aliphatic rings. The maximum absolute atomic E-state index is 12.8. The molecule has 0 unspecified atom stereocenters. The van der Waals surface area contributed by atoms with Gasteiger partial charge in [-0.1, -0.05) is 28.1 Å². The molecule has 1 aromatic heterocycles. The number of hydrogen-bond donors (Lipinski definition) is 1. The second kappa shape index (κ2) is 9.04. The number of carbonyl (C=O) groups is 1. The van der Waals surface area contributed by atoms with Gasteiger partial charge >= 0.3 is 0 Å². The summed E-state index contributed by atoms with van der Waals surface area (Å²) in [5, 5.41) is 2.95. The molecule has 2 heterocycles. The van der Waals surface area contributed by atoms with Crippen LogP contribution in [-0.4, -0.2) is 31.7 Å². The lowest BCUT2D eigenvalue weighted by Gasteiger charge is -2.30. The fourth-order valence-electron chi connectivity index (χ4n) is 2.88. The van der Waals surface area contributed by atoms with Gasteiger partial charge < -0.3 is 5.32 Å². The lowest BCUT2D eigenvalue weighted by Crippen LogP contribution is -2.42. The van der Waals surface area contributed by atoms with Crippen molar-refractivity contribution in [1.82, 2.24) is 9.62 Å². The van der Waals surface area contributed by atoms with Crippen molar-refractivity contribution < 1.29 is 13.2 Å². The van der Waals surface area contributed by atoms with Gasteiger partial charge in [-0.2, -0.15) is 4.31 Å². The van der Waals surface area contributed by atoms with Gasteiger partial charge in [0.05, 0.1) is 3.79 Å². The van der Waals surface area contributed by atoms with Gasteiger partial charge in [-0.25, -0.2) is 8.42 Å². The number of nitrogens with one attached hydrogen (secondary N) is 1. The van der Waals surface area contributed by atoms with E-state index in [0.717, 1.165) is 18.3 Å². The molecular weight excluding hydrogens is 584 g/mol. The van der Waals surface area contributed by atoms with Crippen LogP contribution in [0.25, 0.3) is 0 Å². The number of benzene rings is 1. The van der Waals surface area contributed by atoms with E-state index in [1.807, 2.05) is 24.3 Å². The van der Waals surface area contributed by atoms with Crippen LogP contribution < -0.4 is 5.32 Å². The Bertz CT molecular complexity index is 902. The Balaban J connectivity index is 1.54. The number of amides is 1. The van der Waals surface area contributed by atoms with Crippen molar-refractivity contribution in [2.75, 3.05) is 13.1 Å². The minimum Gasteiger partial charge on any atom is -0.352 e. The summed E-state index contributed by atoms with van der Waals surface area (Å²) < 4.78 is 29.8. The molecular formula is C17H17Br3N2O3S2. The third-order valence-corrected chi connectivity index (χ3v) is 10.6. The molecule has 146 valence electrons. The van der Waals surface area contributed by atoms with E-state index in [-0.39, 0.29) is 11.8 Å². The summed E-state index contributed by atoms with van der Waals surface area (Å²) in [5.74, 6) is -0.176. The number of piperidine rings is 1. The highest BCUT2D eigenvalue weighted by atomic mass is 79.9. The standard InChI is InChI=1S/C17H17Br3N2O3S2/c18-13-3-1-11(2-4-13)10-21-17(23)12-5-7-22(8-6-12)27(24,25)15-9-14(19)16(20)26-15/h1-4,9,12H,5-8,10H2,(H,21,23). The monoisotopic (exact) mass is 598 g/mol. The van der Waals surface area contributed by atoms with Gasteiger partial charge in [0.2, 0.25) is 5.91 Å². The Morgan fingerprint density at radius 3 is 2.33 bits per heavy atom. The normalized spacial score (nSPS) is 16.4. The highest BCUT2D eigenvalue weighted by Crippen LogP contribution is 2.37. The van der Waals surface area contributed by atoms with Crippen LogP contribution in [-0.2, 0) is 21.4 Å². The zero-order valence-electron chi connectivity index (χ0n) is 14.1. The highest BCUT2D eigenvalue weighted by Gasteiger charge is 2.33. The Hall–Kier alpha value is -0.260. The summed E-state index contributed by atoms with van der Waals surface area (Å²) in [4.78, 5) is 12.4. The summed E-state index contributed by atoms with van der Waals surface area (Å²) in [7, 11) is -3.52. The lowest BCUT2D eigenvalue weighted by atomic mass is 9.97. The first-order valence-corrected chi connectivity index (χ1v) is 12.9. The highest BCUT2D eigenvalue weighted by molar-refractivity contribution is 9.13. The van der Waals surface area contributed by atoms with Crippen molar-refractivity contribution in [1.29, 1.82) is 0 Å². The van der Waals surface area contributed by atoms with Gasteiger partial charge in [-0.15, -0.1) is 11.3 Å². The van der Waals surface area contributed by atoms with Gasteiger partial charge in [0.25, 0.3) is 10.0 Å². The first-order chi connectivity index (χ1) is 12.8. The Labute approximate surface area is 188 Å². The van der Waals surface area contributed by atoms with Crippen molar-refractivity contribution >= 4 is 75.1 Å². The average Bonchev–Trinajstić information content (AvgIpc) is 3.00. The molecule has 5 nitrogen and oxygen atoms in total. The number of nitrogens with zero attached hydrogens (tertiary/aromatic N) is 1. The molecule has 2 aromatic rings. The van der Waals surface area contributed by atoms with E-state index in [9.17, 15) is 13.2 Å². The van der Waals surface area contributed by atoms with Gasteiger partial charge in [-0.3, -0.25) is 4.79 Å². The predicted molar refractivity (Wildman–Crippen MR) is 117 cm³/mol. The Morgan fingerprint density at radius 1 is 1.15 bits per heavy atom. The maximum atomic E-state index is 12.8. The third-order valence-electron chi connectivity index (χ3n) is 4.42. The lowest BCUT2D eigenvalue weighted by molar-refractivity contribution is -0.126. The molecule has 27 heavy (non-hydrogen) atoms. The van der Waals surface area contributed by atoms with E-state index in [0.29, 0.717) is 36.7 Å². The fourth-order valence-corrected chi connectivity index (χ4v) is 7.58. The quantitative estimate of drug-likeness (QED) is 0.539. The summed E-state index contributed by atoms with van der Waals surface area (Å²) in [6.45, 7) is 1.18. The van der Waals surface area contributed by atoms with E-state index in [1.165, 1.54) is 15.6 Å². The number of halogens is 3. The fraction of sp³-hybridized carbons (Fsp3) is 0.353. The van der Waals surface area contributed by atoms with Crippen LogP contribution in [0.15, 0.2) is 47.3 Å². The van der Waals surface area contributed by atoms with Crippen molar-refractivity contribution in [2.24, 2.45) is 5.92 Å². The molecule has 0 saturated carbocycles. The molecule has 0 bridgehead atoms. The van der Waals surface area contributed by atoms with Gasteiger partial charge in [0, 0.05) is 34.5 Å². The predicted octanol–water partition coefficient (Wildman–Crippen LogP) is 4.75. The molecule has 10 heteroatoms. The molecule has 1 aliphatic heterocycles. The number of thiophene rings is 1. The summed E-state index contributed by atoms with van der Waals surface area (Å²) >= 11 is 11.2. The summed E-state index contributed by atoms with van der Waals surface area (Å²) in [6, 6.07) is 9.40. The molecule has 1 saturated heterocycles. The van der Waals surface area contributed by atoms with Crippen LogP contribution in [0.5, 0.6) is 0 Å². The van der Waals surface area contributed by atoms with Crippen LogP contribution >= 0.6 is 59.1 Å². The summed E-state index contributed by atoms with van der Waals surface area (Å²) in [6.07, 6.45) is 1.05. The van der Waals surface area contributed by atoms with Crippen LogP contribution in [0.4, 0.5) is 0 Å². The number of carbonyl (C=O) groups excluding carboxylic acids is 1. The van der Waals surface area contributed by atoms with Gasteiger partial charge in [0.15, 0.2) is 0 Å². The van der Waals surface area contributed by atoms with Crippen LogP contribution in [0, 0.1) is 5.92 Å². The van der Waals surface area contributed by atoms with E-state index in [4.69, 9.17) is 0 Å². The summed E-state index contributed by atoms with van der Waals surface area (Å²) in [5.41, 5.74) is 1.03. The van der Waals surface area contributed by atoms with Crippen LogP contribution in [0.3, 0.4) is 0 Å². The third kappa shape index (κ3) is 5.22. The van der Waals surface area contributed by atoms with E-state index < -0.39 is 10.0 Å². The molecule has 0 spiro atoms. The molecule has 1 amide bonds. The smallest absolute Gasteiger partial charge is 0.252 e. The first kappa shape index (κ1) is 21.4. The first-order valence-electron chi connectivity index (χ1n) is 8.24. The molecule has 1 N–H and O–H groups in total. The van der Waals surface area contributed by atoms with Crippen molar-refractivity contribution in [3.63, 3.8) is 0 Å².